The van der Waals surface area contributed by atoms with Gasteiger partial charge in [-0.1, -0.05) is 79.4 Å². The molecule has 0 aromatic heterocycles. The molecule has 1 unspecified atom stereocenters. The van der Waals surface area contributed by atoms with Crippen molar-refractivity contribution in [1.29, 1.82) is 0 Å². The maximum atomic E-state index is 14.4. The first-order chi connectivity index (χ1) is 20.7. The molecule has 1 aliphatic rings. The van der Waals surface area contributed by atoms with Crippen LogP contribution in [0.5, 0.6) is 5.75 Å². The van der Waals surface area contributed by atoms with Crippen molar-refractivity contribution in [1.82, 2.24) is 10.2 Å². The Balaban J connectivity index is 1.77. The lowest BCUT2D eigenvalue weighted by Crippen LogP contribution is -2.53. The van der Waals surface area contributed by atoms with Gasteiger partial charge in [-0.25, -0.2) is 8.42 Å². The van der Waals surface area contributed by atoms with Gasteiger partial charge < -0.3 is 15.0 Å². The summed E-state index contributed by atoms with van der Waals surface area (Å²) in [4.78, 5) is 29.4. The van der Waals surface area contributed by atoms with Gasteiger partial charge in [0.2, 0.25) is 11.8 Å². The lowest BCUT2D eigenvalue weighted by molar-refractivity contribution is -0.140. The number of para-hydroxylation sites is 2. The lowest BCUT2D eigenvalue weighted by atomic mass is 10.1. The highest BCUT2D eigenvalue weighted by Crippen LogP contribution is 2.33. The molecule has 1 atom stereocenters. The topological polar surface area (TPSA) is 96.0 Å². The van der Waals surface area contributed by atoms with E-state index in [9.17, 15) is 18.0 Å². The molecule has 0 heterocycles. The molecule has 3 aromatic rings. The van der Waals surface area contributed by atoms with Crippen LogP contribution in [0.15, 0.2) is 77.7 Å². The second-order valence-electron chi connectivity index (χ2n) is 10.4. The number of nitrogens with one attached hydrogen (secondary N) is 1. The molecule has 0 radical (unpaired) electrons. The van der Waals surface area contributed by atoms with Crippen molar-refractivity contribution in [3.05, 3.63) is 88.4 Å². The van der Waals surface area contributed by atoms with Gasteiger partial charge in [-0.3, -0.25) is 13.9 Å². The normalized spacial score (nSPS) is 14.2. The molecule has 2 amide bonds. The van der Waals surface area contributed by atoms with Gasteiger partial charge in [0, 0.05) is 28.2 Å². The van der Waals surface area contributed by atoms with E-state index in [0.29, 0.717) is 34.4 Å². The highest BCUT2D eigenvalue weighted by atomic mass is 35.5. The zero-order chi connectivity index (χ0) is 31.0. The van der Waals surface area contributed by atoms with Crippen LogP contribution < -0.4 is 14.4 Å². The molecule has 0 aliphatic heterocycles. The Labute approximate surface area is 264 Å². The first kappa shape index (κ1) is 32.6. The third-order valence-corrected chi connectivity index (χ3v) is 10.0. The van der Waals surface area contributed by atoms with Crippen LogP contribution >= 0.6 is 23.2 Å². The predicted molar refractivity (Wildman–Crippen MR) is 170 cm³/mol. The van der Waals surface area contributed by atoms with Crippen molar-refractivity contribution in [2.75, 3.05) is 17.5 Å². The third-order valence-electron chi connectivity index (χ3n) is 7.52. The summed E-state index contributed by atoms with van der Waals surface area (Å²) in [6, 6.07) is 18.7. The Morgan fingerprint density at radius 1 is 0.930 bits per heavy atom. The van der Waals surface area contributed by atoms with E-state index in [2.05, 4.69) is 5.32 Å². The van der Waals surface area contributed by atoms with E-state index in [1.165, 1.54) is 17.0 Å². The first-order valence-electron chi connectivity index (χ1n) is 14.5. The Morgan fingerprint density at radius 2 is 1.56 bits per heavy atom. The molecule has 0 bridgehead atoms. The quantitative estimate of drug-likeness (QED) is 0.230. The fourth-order valence-electron chi connectivity index (χ4n) is 5.31. The summed E-state index contributed by atoms with van der Waals surface area (Å²) in [5, 5.41) is 3.78. The molecule has 1 N–H and O–H groups in total. The zero-order valence-electron chi connectivity index (χ0n) is 24.3. The fourth-order valence-corrected chi connectivity index (χ4v) is 7.28. The van der Waals surface area contributed by atoms with Crippen molar-refractivity contribution in [2.24, 2.45) is 0 Å². The average Bonchev–Trinajstić information content (AvgIpc) is 3.51. The summed E-state index contributed by atoms with van der Waals surface area (Å²) in [5.41, 5.74) is 0.680. The van der Waals surface area contributed by atoms with E-state index in [-0.39, 0.29) is 29.1 Å². The summed E-state index contributed by atoms with van der Waals surface area (Å²) in [6.07, 6.45) is 4.12. The van der Waals surface area contributed by atoms with Crippen LogP contribution in [-0.4, -0.2) is 50.4 Å². The summed E-state index contributed by atoms with van der Waals surface area (Å²) >= 11 is 13.0. The van der Waals surface area contributed by atoms with Gasteiger partial charge in [-0.05, 0) is 62.6 Å². The molecular weight excluding hydrogens is 609 g/mol. The minimum atomic E-state index is -4.23. The smallest absolute Gasteiger partial charge is 0.264 e. The SMILES string of the molecule is CCOc1ccccc1N(CC(=O)N(Cc1c(Cl)cccc1Cl)C(CC)C(=O)NC1CCCC1)S(=O)(=O)c1ccccc1. The molecule has 1 fully saturated rings. The third kappa shape index (κ3) is 7.82. The van der Waals surface area contributed by atoms with Crippen LogP contribution in [0.4, 0.5) is 5.69 Å². The van der Waals surface area contributed by atoms with Crippen LogP contribution in [0.3, 0.4) is 0 Å². The number of amides is 2. The van der Waals surface area contributed by atoms with Crippen molar-refractivity contribution in [3.8, 4) is 5.75 Å². The van der Waals surface area contributed by atoms with Crippen LogP contribution in [0, 0.1) is 0 Å². The van der Waals surface area contributed by atoms with E-state index in [1.807, 2.05) is 6.92 Å². The second kappa shape index (κ2) is 14.9. The van der Waals surface area contributed by atoms with Crippen LogP contribution in [-0.2, 0) is 26.2 Å². The molecule has 0 saturated heterocycles. The number of sulfonamides is 1. The maximum Gasteiger partial charge on any atom is 0.264 e. The van der Waals surface area contributed by atoms with Gasteiger partial charge in [0.15, 0.2) is 0 Å². The molecule has 1 saturated carbocycles. The van der Waals surface area contributed by atoms with E-state index < -0.39 is 28.5 Å². The highest BCUT2D eigenvalue weighted by molar-refractivity contribution is 7.92. The van der Waals surface area contributed by atoms with Gasteiger partial charge in [-0.15, -0.1) is 0 Å². The number of ether oxygens (including phenoxy) is 1. The zero-order valence-corrected chi connectivity index (χ0v) is 26.7. The molecule has 4 rings (SSSR count). The predicted octanol–water partition coefficient (Wildman–Crippen LogP) is 6.45. The Morgan fingerprint density at radius 3 is 2.19 bits per heavy atom. The second-order valence-corrected chi connectivity index (χ2v) is 13.0. The van der Waals surface area contributed by atoms with Crippen LogP contribution in [0.25, 0.3) is 0 Å². The molecular formula is C32H37Cl2N3O5S. The minimum absolute atomic E-state index is 0.0146. The molecule has 1 aliphatic carbocycles. The Hall–Kier alpha value is -3.27. The van der Waals surface area contributed by atoms with Gasteiger partial charge in [0.25, 0.3) is 10.0 Å². The Bertz CT molecular complexity index is 1490. The Kier molecular flexibility index (Phi) is 11.3. The minimum Gasteiger partial charge on any atom is -0.492 e. The summed E-state index contributed by atoms with van der Waals surface area (Å²) in [6.45, 7) is 3.23. The molecule has 3 aromatic carbocycles. The lowest BCUT2D eigenvalue weighted by Gasteiger charge is -2.34. The number of nitrogens with zero attached hydrogens (tertiary/aromatic N) is 2. The van der Waals surface area contributed by atoms with E-state index >= 15 is 0 Å². The number of halogens is 2. The number of carbonyl (C=O) groups is 2. The van der Waals surface area contributed by atoms with E-state index in [4.69, 9.17) is 27.9 Å². The fraction of sp³-hybridized carbons (Fsp3) is 0.375. The molecule has 11 heteroatoms. The number of benzene rings is 3. The monoisotopic (exact) mass is 645 g/mol. The molecule has 43 heavy (non-hydrogen) atoms. The van der Waals surface area contributed by atoms with Gasteiger partial charge in [0.1, 0.15) is 18.3 Å². The number of hydrogen-bond donors (Lipinski definition) is 1. The number of rotatable bonds is 13. The average molecular weight is 647 g/mol. The summed E-state index contributed by atoms with van der Waals surface area (Å²) < 4.78 is 35.0. The van der Waals surface area contributed by atoms with E-state index in [1.54, 1.807) is 67.6 Å². The summed E-state index contributed by atoms with van der Waals surface area (Å²) in [7, 11) is -4.23. The van der Waals surface area contributed by atoms with Gasteiger partial charge in [-0.2, -0.15) is 0 Å². The maximum absolute atomic E-state index is 14.4. The van der Waals surface area contributed by atoms with Crippen molar-refractivity contribution >= 4 is 50.7 Å². The molecule has 230 valence electrons. The van der Waals surface area contributed by atoms with Crippen LogP contribution in [0.2, 0.25) is 10.0 Å². The number of anilines is 1. The summed E-state index contributed by atoms with van der Waals surface area (Å²) in [5.74, 6) is -0.572. The first-order valence-corrected chi connectivity index (χ1v) is 16.7. The molecule has 0 spiro atoms. The largest absolute Gasteiger partial charge is 0.492 e. The number of carbonyl (C=O) groups excluding carboxylic acids is 2. The van der Waals surface area contributed by atoms with Crippen LogP contribution in [0.1, 0.15) is 51.5 Å². The number of hydrogen-bond acceptors (Lipinski definition) is 5. The highest BCUT2D eigenvalue weighted by Gasteiger charge is 2.36. The van der Waals surface area contributed by atoms with E-state index in [0.717, 1.165) is 30.0 Å². The van der Waals surface area contributed by atoms with Gasteiger partial charge >= 0.3 is 0 Å². The van der Waals surface area contributed by atoms with Crippen molar-refractivity contribution in [3.63, 3.8) is 0 Å². The van der Waals surface area contributed by atoms with Gasteiger partial charge in [0.05, 0.1) is 17.2 Å². The van der Waals surface area contributed by atoms with Crippen molar-refractivity contribution < 1.29 is 22.7 Å². The molecule has 8 nitrogen and oxygen atoms in total. The standard InChI is InChI=1S/C32H37Cl2N3O5S/c1-3-28(32(39)35-23-13-8-9-14-23)36(21-25-26(33)17-12-18-27(25)34)31(38)22-37(29-19-10-11-20-30(29)42-4-2)43(40,41)24-15-6-5-7-16-24/h5-7,10-12,15-20,23,28H,3-4,8-9,13-14,21-22H2,1-2H3,(H,35,39). The van der Waals surface area contributed by atoms with Crippen molar-refractivity contribution in [2.45, 2.75) is 69.5 Å².